The summed E-state index contributed by atoms with van der Waals surface area (Å²) in [5.41, 5.74) is 1.54. The van der Waals surface area contributed by atoms with E-state index in [-0.39, 0.29) is 22.2 Å². The van der Waals surface area contributed by atoms with Gasteiger partial charge < -0.3 is 4.74 Å². The van der Waals surface area contributed by atoms with Crippen LogP contribution in [0.4, 0.5) is 0 Å². The standard InChI is InChI=1S/C14H8ClN3O/c1-19-14-11(8-17)12(9-5-3-2-4-6-9)10(7-16)13(15)18-14/h2-6H,1H3. The second-order valence-corrected chi connectivity index (χ2v) is 3.98. The third-order valence-corrected chi connectivity index (χ3v) is 2.87. The first-order chi connectivity index (χ1) is 9.22. The molecule has 4 nitrogen and oxygen atoms in total. The smallest absolute Gasteiger partial charge is 0.233 e. The molecule has 1 heterocycles. The average Bonchev–Trinajstić information content (AvgIpc) is 2.46. The van der Waals surface area contributed by atoms with Gasteiger partial charge >= 0.3 is 0 Å². The Hall–Kier alpha value is -2.56. The minimum atomic E-state index is 0.0252. The van der Waals surface area contributed by atoms with Crippen molar-refractivity contribution >= 4 is 11.6 Å². The number of methoxy groups -OCH3 is 1. The molecule has 0 spiro atoms. The van der Waals surface area contributed by atoms with Gasteiger partial charge in [0.05, 0.1) is 12.7 Å². The molecule has 0 aliphatic rings. The number of nitrogens with zero attached hydrogens (tertiary/aromatic N) is 3. The van der Waals surface area contributed by atoms with Crippen LogP contribution in [0, 0.1) is 22.7 Å². The first-order valence-electron chi connectivity index (χ1n) is 5.36. The summed E-state index contributed by atoms with van der Waals surface area (Å²) in [4.78, 5) is 3.92. The number of ether oxygens (including phenoxy) is 1. The summed E-state index contributed by atoms with van der Waals surface area (Å²) >= 11 is 5.97. The Bertz CT molecular complexity index is 699. The molecular formula is C14H8ClN3O. The van der Waals surface area contributed by atoms with Gasteiger partial charge in [0, 0.05) is 5.56 Å². The van der Waals surface area contributed by atoms with E-state index in [4.69, 9.17) is 16.3 Å². The zero-order chi connectivity index (χ0) is 13.8. The summed E-state index contributed by atoms with van der Waals surface area (Å²) in [6.45, 7) is 0. The second kappa shape index (κ2) is 5.39. The van der Waals surface area contributed by atoms with Crippen molar-refractivity contribution in [2.45, 2.75) is 0 Å². The highest BCUT2D eigenvalue weighted by Gasteiger charge is 2.20. The van der Waals surface area contributed by atoms with Gasteiger partial charge in [0.2, 0.25) is 5.88 Å². The lowest BCUT2D eigenvalue weighted by atomic mass is 9.97. The van der Waals surface area contributed by atoms with Crippen molar-refractivity contribution < 1.29 is 4.74 Å². The first-order valence-corrected chi connectivity index (χ1v) is 5.73. The van der Waals surface area contributed by atoms with Crippen molar-refractivity contribution in [2.24, 2.45) is 0 Å². The number of benzene rings is 1. The van der Waals surface area contributed by atoms with Crippen molar-refractivity contribution in [1.29, 1.82) is 10.5 Å². The largest absolute Gasteiger partial charge is 0.480 e. The number of pyridine rings is 1. The molecular weight excluding hydrogens is 262 g/mol. The maximum atomic E-state index is 9.28. The van der Waals surface area contributed by atoms with Crippen LogP contribution in [0.2, 0.25) is 5.15 Å². The molecule has 0 atom stereocenters. The van der Waals surface area contributed by atoms with Gasteiger partial charge in [-0.15, -0.1) is 0 Å². The molecule has 0 saturated carbocycles. The summed E-state index contributed by atoms with van der Waals surface area (Å²) in [6.07, 6.45) is 0. The van der Waals surface area contributed by atoms with Crippen molar-refractivity contribution in [3.8, 4) is 29.1 Å². The van der Waals surface area contributed by atoms with Crippen LogP contribution in [0.15, 0.2) is 30.3 Å². The molecule has 0 aliphatic heterocycles. The zero-order valence-electron chi connectivity index (χ0n) is 10.0. The van der Waals surface area contributed by atoms with Gasteiger partial charge in [-0.3, -0.25) is 0 Å². The maximum Gasteiger partial charge on any atom is 0.233 e. The Kier molecular flexibility index (Phi) is 3.66. The Morgan fingerprint density at radius 2 is 1.74 bits per heavy atom. The maximum absolute atomic E-state index is 9.28. The lowest BCUT2D eigenvalue weighted by Gasteiger charge is -2.11. The molecule has 5 heteroatoms. The fourth-order valence-corrected chi connectivity index (χ4v) is 2.00. The zero-order valence-corrected chi connectivity index (χ0v) is 10.8. The lowest BCUT2D eigenvalue weighted by molar-refractivity contribution is 0.397. The van der Waals surface area contributed by atoms with E-state index in [2.05, 4.69) is 4.98 Å². The third kappa shape index (κ3) is 2.22. The van der Waals surface area contributed by atoms with E-state index in [1.165, 1.54) is 7.11 Å². The molecule has 0 fully saturated rings. The molecule has 0 radical (unpaired) electrons. The van der Waals surface area contributed by atoms with Gasteiger partial charge in [-0.25, -0.2) is 0 Å². The quantitative estimate of drug-likeness (QED) is 0.785. The number of rotatable bonds is 2. The van der Waals surface area contributed by atoms with Crippen LogP contribution in [0.1, 0.15) is 11.1 Å². The number of nitriles is 2. The van der Waals surface area contributed by atoms with E-state index >= 15 is 0 Å². The highest BCUT2D eigenvalue weighted by atomic mass is 35.5. The average molecular weight is 270 g/mol. The van der Waals surface area contributed by atoms with Crippen LogP contribution in [0.3, 0.4) is 0 Å². The van der Waals surface area contributed by atoms with E-state index in [1.807, 2.05) is 30.3 Å². The van der Waals surface area contributed by atoms with Crippen LogP contribution in [-0.4, -0.2) is 12.1 Å². The molecule has 92 valence electrons. The fraction of sp³-hybridized carbons (Fsp3) is 0.0714. The van der Waals surface area contributed by atoms with Gasteiger partial charge in [0.15, 0.2) is 5.15 Å². The molecule has 19 heavy (non-hydrogen) atoms. The summed E-state index contributed by atoms with van der Waals surface area (Å²) in [6, 6.07) is 13.1. The monoisotopic (exact) mass is 269 g/mol. The number of halogens is 1. The Labute approximate surface area is 115 Å². The van der Waals surface area contributed by atoms with Gasteiger partial charge in [0.1, 0.15) is 17.7 Å². The molecule has 0 amide bonds. The molecule has 0 saturated heterocycles. The minimum absolute atomic E-state index is 0.0252. The summed E-state index contributed by atoms with van der Waals surface area (Å²) in [7, 11) is 1.40. The van der Waals surface area contributed by atoms with Crippen molar-refractivity contribution in [2.75, 3.05) is 7.11 Å². The van der Waals surface area contributed by atoms with Gasteiger partial charge in [-0.1, -0.05) is 41.9 Å². The van der Waals surface area contributed by atoms with Gasteiger partial charge in [-0.05, 0) is 5.56 Å². The normalized spacial score (nSPS) is 9.47. The van der Waals surface area contributed by atoms with Gasteiger partial charge in [0.25, 0.3) is 0 Å². The van der Waals surface area contributed by atoms with Crippen LogP contribution in [0.25, 0.3) is 11.1 Å². The summed E-state index contributed by atoms with van der Waals surface area (Å²) < 4.78 is 5.05. The molecule has 1 aromatic carbocycles. The van der Waals surface area contributed by atoms with E-state index in [0.29, 0.717) is 5.56 Å². The van der Waals surface area contributed by atoms with E-state index in [0.717, 1.165) is 5.56 Å². The Morgan fingerprint density at radius 1 is 1.11 bits per heavy atom. The Balaban J connectivity index is 2.88. The third-order valence-electron chi connectivity index (χ3n) is 2.60. The minimum Gasteiger partial charge on any atom is -0.480 e. The van der Waals surface area contributed by atoms with E-state index in [9.17, 15) is 10.5 Å². The van der Waals surface area contributed by atoms with Crippen molar-refractivity contribution in [3.05, 3.63) is 46.6 Å². The molecule has 0 unspecified atom stereocenters. The molecule has 2 rings (SSSR count). The predicted molar refractivity (Wildman–Crippen MR) is 70.7 cm³/mol. The van der Waals surface area contributed by atoms with Crippen LogP contribution in [0.5, 0.6) is 5.88 Å². The molecule has 0 aliphatic carbocycles. The summed E-state index contributed by atoms with van der Waals surface area (Å²) in [5.74, 6) is 0.116. The lowest BCUT2D eigenvalue weighted by Crippen LogP contribution is -1.99. The highest BCUT2D eigenvalue weighted by Crippen LogP contribution is 2.35. The second-order valence-electron chi connectivity index (χ2n) is 3.63. The Morgan fingerprint density at radius 3 is 2.26 bits per heavy atom. The first kappa shape index (κ1) is 12.9. The number of hydrogen-bond donors (Lipinski definition) is 0. The van der Waals surface area contributed by atoms with Crippen molar-refractivity contribution in [1.82, 2.24) is 4.98 Å². The molecule has 0 N–H and O–H groups in total. The van der Waals surface area contributed by atoms with Gasteiger partial charge in [-0.2, -0.15) is 15.5 Å². The van der Waals surface area contributed by atoms with Crippen LogP contribution >= 0.6 is 11.6 Å². The number of hydrogen-bond acceptors (Lipinski definition) is 4. The van der Waals surface area contributed by atoms with Crippen molar-refractivity contribution in [3.63, 3.8) is 0 Å². The number of aromatic nitrogens is 1. The predicted octanol–water partition coefficient (Wildman–Crippen LogP) is 3.15. The molecule has 0 bridgehead atoms. The summed E-state index contributed by atoms with van der Waals surface area (Å²) in [5, 5.41) is 18.5. The highest BCUT2D eigenvalue weighted by molar-refractivity contribution is 6.31. The van der Waals surface area contributed by atoms with Crippen LogP contribution < -0.4 is 4.74 Å². The van der Waals surface area contributed by atoms with E-state index < -0.39 is 0 Å². The SMILES string of the molecule is COc1nc(Cl)c(C#N)c(-c2ccccc2)c1C#N. The molecule has 2 aromatic rings. The topological polar surface area (TPSA) is 69.7 Å². The van der Waals surface area contributed by atoms with E-state index in [1.54, 1.807) is 12.1 Å². The molecule has 1 aromatic heterocycles. The fourth-order valence-electron chi connectivity index (χ4n) is 1.78. The van der Waals surface area contributed by atoms with Crippen LogP contribution in [-0.2, 0) is 0 Å².